The first-order chi connectivity index (χ1) is 18.5. The minimum Gasteiger partial charge on any atom is -0.462 e. The zero-order chi connectivity index (χ0) is 28.9. The van der Waals surface area contributed by atoms with Gasteiger partial charge in [0.2, 0.25) is 0 Å². The van der Waals surface area contributed by atoms with Crippen molar-refractivity contribution in [2.24, 2.45) is 5.92 Å². The molecule has 0 aliphatic carbocycles. The molecule has 1 aliphatic rings. The number of anilines is 1. The molecule has 1 aromatic carbocycles. The molecule has 3 rings (SSSR count). The molecule has 0 spiro atoms. The van der Waals surface area contributed by atoms with Crippen LogP contribution in [0.3, 0.4) is 0 Å². The van der Waals surface area contributed by atoms with E-state index >= 15 is 0 Å². The van der Waals surface area contributed by atoms with Gasteiger partial charge in [0.15, 0.2) is 6.61 Å². The Labute approximate surface area is 229 Å². The van der Waals surface area contributed by atoms with Gasteiger partial charge in [-0.25, -0.2) is 14.4 Å². The lowest BCUT2D eigenvalue weighted by Gasteiger charge is -2.25. The number of benzene rings is 1. The van der Waals surface area contributed by atoms with Gasteiger partial charge >= 0.3 is 17.9 Å². The number of carbonyl (C=O) groups is 6. The molecule has 1 unspecified atom stereocenters. The molecule has 12 heteroatoms. The number of imide groups is 1. The average molecular weight is 559 g/mol. The summed E-state index contributed by atoms with van der Waals surface area (Å²) < 4.78 is 15.3. The number of hydrogen-bond donors (Lipinski definition) is 1. The maximum Gasteiger partial charge on any atom is 0.348 e. The smallest absolute Gasteiger partial charge is 0.348 e. The lowest BCUT2D eigenvalue weighted by molar-refractivity contribution is -0.151. The van der Waals surface area contributed by atoms with Crippen LogP contribution in [0.25, 0.3) is 0 Å². The van der Waals surface area contributed by atoms with Crippen molar-refractivity contribution in [3.8, 4) is 0 Å². The quantitative estimate of drug-likeness (QED) is 0.248. The second-order valence-electron chi connectivity index (χ2n) is 9.03. The van der Waals surface area contributed by atoms with Crippen LogP contribution in [-0.2, 0) is 23.8 Å². The second-order valence-corrected chi connectivity index (χ2v) is 10.0. The van der Waals surface area contributed by atoms with E-state index < -0.39 is 48.3 Å². The van der Waals surface area contributed by atoms with Crippen molar-refractivity contribution in [1.29, 1.82) is 0 Å². The van der Waals surface area contributed by atoms with Gasteiger partial charge in [-0.2, -0.15) is 0 Å². The first kappa shape index (κ1) is 29.5. The van der Waals surface area contributed by atoms with Gasteiger partial charge in [0.25, 0.3) is 17.7 Å². The minimum atomic E-state index is -1.24. The van der Waals surface area contributed by atoms with Gasteiger partial charge in [0, 0.05) is 0 Å². The fraction of sp³-hybridized carbons (Fsp3) is 0.407. The Morgan fingerprint density at radius 2 is 1.49 bits per heavy atom. The largest absolute Gasteiger partial charge is 0.462 e. The molecule has 3 amide bonds. The van der Waals surface area contributed by atoms with Crippen LogP contribution in [-0.4, -0.2) is 66.4 Å². The summed E-state index contributed by atoms with van der Waals surface area (Å²) in [4.78, 5) is 77.6. The van der Waals surface area contributed by atoms with E-state index in [9.17, 15) is 28.8 Å². The lowest BCUT2D eigenvalue weighted by Crippen LogP contribution is -2.46. The highest BCUT2D eigenvalue weighted by atomic mass is 32.1. The Morgan fingerprint density at radius 1 is 0.923 bits per heavy atom. The molecule has 0 saturated carbocycles. The van der Waals surface area contributed by atoms with Gasteiger partial charge in [0.05, 0.1) is 29.9 Å². The van der Waals surface area contributed by atoms with Crippen molar-refractivity contribution < 1.29 is 43.0 Å². The molecule has 1 aliphatic heterocycles. The van der Waals surface area contributed by atoms with Crippen LogP contribution in [0.5, 0.6) is 0 Å². The molecule has 0 radical (unpaired) electrons. The number of nitrogens with one attached hydrogen (secondary N) is 1. The van der Waals surface area contributed by atoms with Gasteiger partial charge in [-0.3, -0.25) is 19.3 Å². The molecule has 0 saturated heterocycles. The number of fused-ring (bicyclic) bond motifs is 1. The Morgan fingerprint density at radius 3 is 2.03 bits per heavy atom. The summed E-state index contributed by atoms with van der Waals surface area (Å²) in [5, 5.41) is 2.53. The van der Waals surface area contributed by atoms with Crippen LogP contribution in [0.2, 0.25) is 0 Å². The predicted molar refractivity (Wildman–Crippen MR) is 141 cm³/mol. The fourth-order valence-corrected chi connectivity index (χ4v) is 5.19. The molecule has 0 fully saturated rings. The normalized spacial score (nSPS) is 13.2. The van der Waals surface area contributed by atoms with E-state index in [0.29, 0.717) is 0 Å². The first-order valence-corrected chi connectivity index (χ1v) is 13.2. The van der Waals surface area contributed by atoms with Crippen LogP contribution in [0.4, 0.5) is 5.00 Å². The highest BCUT2D eigenvalue weighted by Crippen LogP contribution is 2.34. The van der Waals surface area contributed by atoms with Crippen molar-refractivity contribution in [2.45, 2.75) is 47.1 Å². The summed E-state index contributed by atoms with van der Waals surface area (Å²) in [5.41, 5.74) is 0.664. The van der Waals surface area contributed by atoms with E-state index in [2.05, 4.69) is 5.32 Å². The highest BCUT2D eigenvalue weighted by Gasteiger charge is 2.43. The Bertz CT molecular complexity index is 1280. The Balaban J connectivity index is 1.77. The molecule has 2 aromatic rings. The Hall–Kier alpha value is -4.06. The molecule has 1 N–H and O–H groups in total. The Kier molecular flexibility index (Phi) is 9.57. The third-order valence-corrected chi connectivity index (χ3v) is 6.98. The van der Waals surface area contributed by atoms with Crippen molar-refractivity contribution in [3.05, 3.63) is 51.4 Å². The standard InChI is InChI=1S/C27H30N2O9S/c1-6-36-26(34)20-15(5)21(27(35)37-7-2)39-22(20)28-19(30)13-38-25(33)18(12-14(3)4)29-23(31)16-10-8-9-11-17(16)24(29)32/h8-11,14,18H,6-7,12-13H2,1-5H3,(H,28,30). The number of carbonyl (C=O) groups excluding carboxylic acids is 6. The first-order valence-electron chi connectivity index (χ1n) is 12.4. The van der Waals surface area contributed by atoms with Crippen LogP contribution in [0.15, 0.2) is 24.3 Å². The molecule has 208 valence electrons. The fourth-order valence-electron chi connectivity index (χ4n) is 4.08. The number of ether oxygens (including phenoxy) is 3. The second kappa shape index (κ2) is 12.7. The van der Waals surface area contributed by atoms with Crippen molar-refractivity contribution in [1.82, 2.24) is 4.90 Å². The number of amides is 3. The zero-order valence-corrected chi connectivity index (χ0v) is 23.1. The van der Waals surface area contributed by atoms with Crippen LogP contribution in [0, 0.1) is 12.8 Å². The van der Waals surface area contributed by atoms with Crippen LogP contribution < -0.4 is 5.32 Å². The third kappa shape index (κ3) is 6.33. The summed E-state index contributed by atoms with van der Waals surface area (Å²) in [6.45, 7) is 7.86. The van der Waals surface area contributed by atoms with Crippen molar-refractivity contribution >= 4 is 52.0 Å². The molecule has 1 aromatic heterocycles. The lowest BCUT2D eigenvalue weighted by atomic mass is 10.0. The number of nitrogens with zero attached hydrogens (tertiary/aromatic N) is 1. The number of rotatable bonds is 11. The summed E-state index contributed by atoms with van der Waals surface area (Å²) in [6, 6.07) is 5.03. The maximum absolute atomic E-state index is 13.1. The average Bonchev–Trinajstić information content (AvgIpc) is 3.34. The molecule has 2 heterocycles. The van der Waals surface area contributed by atoms with Crippen LogP contribution >= 0.6 is 11.3 Å². The summed E-state index contributed by atoms with van der Waals surface area (Å²) in [5.74, 6) is -4.41. The van der Waals surface area contributed by atoms with E-state index in [4.69, 9.17) is 14.2 Å². The molecular formula is C27H30N2O9S. The topological polar surface area (TPSA) is 145 Å². The minimum absolute atomic E-state index is 0.00621. The van der Waals surface area contributed by atoms with E-state index in [1.165, 1.54) is 19.1 Å². The summed E-state index contributed by atoms with van der Waals surface area (Å²) in [6.07, 6.45) is 0.131. The molecular weight excluding hydrogens is 528 g/mol. The highest BCUT2D eigenvalue weighted by molar-refractivity contribution is 7.18. The maximum atomic E-state index is 13.1. The van der Waals surface area contributed by atoms with E-state index in [1.807, 2.05) is 13.8 Å². The summed E-state index contributed by atoms with van der Waals surface area (Å²) in [7, 11) is 0. The predicted octanol–water partition coefficient (Wildman–Crippen LogP) is 3.60. The van der Waals surface area contributed by atoms with Gasteiger partial charge in [-0.15, -0.1) is 11.3 Å². The molecule has 0 bridgehead atoms. The third-order valence-electron chi connectivity index (χ3n) is 5.79. The zero-order valence-electron chi connectivity index (χ0n) is 22.3. The summed E-state index contributed by atoms with van der Waals surface area (Å²) >= 11 is 0.834. The van der Waals surface area contributed by atoms with E-state index in [-0.39, 0.29) is 57.7 Å². The molecule has 39 heavy (non-hydrogen) atoms. The monoisotopic (exact) mass is 558 g/mol. The van der Waals surface area contributed by atoms with E-state index in [1.54, 1.807) is 26.0 Å². The van der Waals surface area contributed by atoms with E-state index in [0.717, 1.165) is 16.2 Å². The van der Waals surface area contributed by atoms with Gasteiger partial charge in [-0.1, -0.05) is 26.0 Å². The molecule has 11 nitrogen and oxygen atoms in total. The number of thiophene rings is 1. The van der Waals surface area contributed by atoms with Gasteiger partial charge in [-0.05, 0) is 50.8 Å². The van der Waals surface area contributed by atoms with Gasteiger partial charge < -0.3 is 19.5 Å². The molecule has 1 atom stereocenters. The van der Waals surface area contributed by atoms with Gasteiger partial charge in [0.1, 0.15) is 15.9 Å². The SMILES string of the molecule is CCOC(=O)c1sc(NC(=O)COC(=O)C(CC(C)C)N2C(=O)c3ccccc3C2=O)c(C(=O)OCC)c1C. The van der Waals surface area contributed by atoms with Crippen molar-refractivity contribution in [2.75, 3.05) is 25.1 Å². The number of hydrogen-bond acceptors (Lipinski definition) is 10. The number of esters is 3. The van der Waals surface area contributed by atoms with Crippen LogP contribution in [0.1, 0.15) is 80.4 Å². The van der Waals surface area contributed by atoms with Crippen molar-refractivity contribution in [3.63, 3.8) is 0 Å².